The van der Waals surface area contributed by atoms with E-state index >= 15 is 0 Å². The van der Waals surface area contributed by atoms with Crippen LogP contribution in [-0.4, -0.2) is 34.2 Å². The molecule has 1 aromatic heterocycles. The van der Waals surface area contributed by atoms with Gasteiger partial charge in [0, 0.05) is 19.2 Å². The molecule has 7 heteroatoms. The van der Waals surface area contributed by atoms with Gasteiger partial charge in [-0.2, -0.15) is 0 Å². The van der Waals surface area contributed by atoms with Gasteiger partial charge in [-0.05, 0) is 44.7 Å². The van der Waals surface area contributed by atoms with E-state index in [2.05, 4.69) is 10.0 Å². The minimum Gasteiger partial charge on any atom is -0.447 e. The van der Waals surface area contributed by atoms with E-state index in [1.807, 2.05) is 13.8 Å². The largest absolute Gasteiger partial charge is 0.447 e. The van der Waals surface area contributed by atoms with Gasteiger partial charge >= 0.3 is 0 Å². The predicted molar refractivity (Wildman–Crippen MR) is 79.4 cm³/mol. The number of nitrogens with one attached hydrogen (secondary N) is 2. The third-order valence-corrected chi connectivity index (χ3v) is 5.22. The normalized spacial score (nSPS) is 16.3. The minimum atomic E-state index is -3.61. The summed E-state index contributed by atoms with van der Waals surface area (Å²) in [5, 5.41) is 3.08. The number of rotatable bonds is 9. The lowest BCUT2D eigenvalue weighted by molar-refractivity contribution is 0.198. The van der Waals surface area contributed by atoms with E-state index < -0.39 is 15.6 Å². The van der Waals surface area contributed by atoms with Gasteiger partial charge in [-0.3, -0.25) is 0 Å². The van der Waals surface area contributed by atoms with Gasteiger partial charge in [0.15, 0.2) is 0 Å². The highest BCUT2D eigenvalue weighted by Gasteiger charge is 2.41. The first-order valence-electron chi connectivity index (χ1n) is 7.17. The smallest absolute Gasteiger partial charge is 0.274 e. The molecule has 0 aromatic carbocycles. The second kappa shape index (κ2) is 6.48. The molecule has 1 aromatic rings. The molecule has 0 spiro atoms. The van der Waals surface area contributed by atoms with Crippen LogP contribution in [0, 0.1) is 5.92 Å². The minimum absolute atomic E-state index is 0.0280. The van der Waals surface area contributed by atoms with Crippen LogP contribution in [0.2, 0.25) is 0 Å². The summed E-state index contributed by atoms with van der Waals surface area (Å²) in [5.41, 5.74) is -0.428. The zero-order valence-corrected chi connectivity index (χ0v) is 13.6. The van der Waals surface area contributed by atoms with Crippen molar-refractivity contribution in [1.82, 2.24) is 10.0 Å². The van der Waals surface area contributed by atoms with Gasteiger partial charge in [0.2, 0.25) is 5.09 Å². The summed E-state index contributed by atoms with van der Waals surface area (Å²) in [6.07, 6.45) is 2.14. The lowest BCUT2D eigenvalue weighted by Crippen LogP contribution is -2.44. The molecule has 0 radical (unpaired) electrons. The van der Waals surface area contributed by atoms with E-state index in [9.17, 15) is 8.42 Å². The van der Waals surface area contributed by atoms with E-state index in [0.29, 0.717) is 31.4 Å². The van der Waals surface area contributed by atoms with Crippen LogP contribution in [0.4, 0.5) is 0 Å². The van der Waals surface area contributed by atoms with Crippen molar-refractivity contribution < 1.29 is 17.6 Å². The molecule has 1 aliphatic carbocycles. The van der Waals surface area contributed by atoms with Crippen LogP contribution in [0.1, 0.15) is 32.4 Å². The Labute approximate surface area is 126 Å². The molecule has 21 heavy (non-hydrogen) atoms. The number of furan rings is 1. The summed E-state index contributed by atoms with van der Waals surface area (Å²) in [7, 11) is -1.98. The topological polar surface area (TPSA) is 80.6 Å². The highest BCUT2D eigenvalue weighted by atomic mass is 32.2. The van der Waals surface area contributed by atoms with Crippen LogP contribution in [0.5, 0.6) is 0 Å². The van der Waals surface area contributed by atoms with Crippen molar-refractivity contribution in [2.24, 2.45) is 5.92 Å². The molecule has 120 valence electrons. The van der Waals surface area contributed by atoms with Gasteiger partial charge in [0.25, 0.3) is 10.0 Å². The SMILES string of the molecule is COCCNCc1ccc(S(=O)(=O)NC(C)(C)C2CC2)o1. The number of hydrogen-bond donors (Lipinski definition) is 2. The van der Waals surface area contributed by atoms with E-state index in [1.165, 1.54) is 6.07 Å². The van der Waals surface area contributed by atoms with Crippen molar-refractivity contribution in [3.63, 3.8) is 0 Å². The summed E-state index contributed by atoms with van der Waals surface area (Å²) >= 11 is 0. The molecular weight excluding hydrogens is 292 g/mol. The molecule has 0 atom stereocenters. The molecule has 0 bridgehead atoms. The summed E-state index contributed by atoms with van der Waals surface area (Å²) < 4.78 is 37.7. The molecule has 2 N–H and O–H groups in total. The van der Waals surface area contributed by atoms with Gasteiger partial charge in [-0.25, -0.2) is 13.1 Å². The maximum absolute atomic E-state index is 12.3. The van der Waals surface area contributed by atoms with Crippen LogP contribution in [-0.2, 0) is 21.3 Å². The fraction of sp³-hybridized carbons (Fsp3) is 0.714. The summed E-state index contributed by atoms with van der Waals surface area (Å²) in [5.74, 6) is 1.01. The van der Waals surface area contributed by atoms with Gasteiger partial charge in [0.1, 0.15) is 5.76 Å². The van der Waals surface area contributed by atoms with Gasteiger partial charge < -0.3 is 14.5 Å². The molecular formula is C14H24N2O4S. The quantitative estimate of drug-likeness (QED) is 0.675. The Balaban J connectivity index is 1.95. The zero-order valence-electron chi connectivity index (χ0n) is 12.8. The summed E-state index contributed by atoms with van der Waals surface area (Å²) in [4.78, 5) is 0. The molecule has 0 aliphatic heterocycles. The molecule has 0 saturated heterocycles. The molecule has 0 unspecified atom stereocenters. The Morgan fingerprint density at radius 2 is 2.10 bits per heavy atom. The molecule has 1 fully saturated rings. The Hall–Kier alpha value is -0.890. The molecule has 1 saturated carbocycles. The second-order valence-corrected chi connectivity index (χ2v) is 7.61. The maximum Gasteiger partial charge on any atom is 0.274 e. The number of ether oxygens (including phenoxy) is 1. The van der Waals surface area contributed by atoms with Crippen LogP contribution in [0.3, 0.4) is 0 Å². The highest BCUT2D eigenvalue weighted by molar-refractivity contribution is 7.89. The molecule has 2 rings (SSSR count). The first kappa shape index (κ1) is 16.5. The molecule has 1 aliphatic rings. The van der Waals surface area contributed by atoms with Crippen molar-refractivity contribution in [2.45, 2.75) is 43.9 Å². The van der Waals surface area contributed by atoms with E-state index in [0.717, 1.165) is 12.8 Å². The highest BCUT2D eigenvalue weighted by Crippen LogP contribution is 2.39. The Morgan fingerprint density at radius 1 is 1.38 bits per heavy atom. The lowest BCUT2D eigenvalue weighted by Gasteiger charge is -2.24. The third kappa shape index (κ3) is 4.54. The van der Waals surface area contributed by atoms with Crippen molar-refractivity contribution in [3.8, 4) is 0 Å². The maximum atomic E-state index is 12.3. The second-order valence-electron chi connectivity index (χ2n) is 5.99. The Bertz CT molecular complexity index is 561. The van der Waals surface area contributed by atoms with Crippen molar-refractivity contribution >= 4 is 10.0 Å². The zero-order chi connectivity index (χ0) is 15.5. The number of hydrogen-bond acceptors (Lipinski definition) is 5. The first-order valence-corrected chi connectivity index (χ1v) is 8.66. The van der Waals surface area contributed by atoms with Crippen LogP contribution < -0.4 is 10.0 Å². The van der Waals surface area contributed by atoms with E-state index in [4.69, 9.17) is 9.15 Å². The fourth-order valence-electron chi connectivity index (χ4n) is 2.27. The van der Waals surface area contributed by atoms with Gasteiger partial charge in [-0.1, -0.05) is 0 Å². The summed E-state index contributed by atoms with van der Waals surface area (Å²) in [6, 6.07) is 3.18. The Morgan fingerprint density at radius 3 is 2.71 bits per heavy atom. The van der Waals surface area contributed by atoms with E-state index in [1.54, 1.807) is 13.2 Å². The van der Waals surface area contributed by atoms with Crippen molar-refractivity contribution in [1.29, 1.82) is 0 Å². The van der Waals surface area contributed by atoms with E-state index in [-0.39, 0.29) is 5.09 Å². The Kier molecular flexibility index (Phi) is 5.08. The fourth-order valence-corrected chi connectivity index (χ4v) is 3.69. The van der Waals surface area contributed by atoms with Gasteiger partial charge in [0.05, 0.1) is 13.2 Å². The first-order chi connectivity index (χ1) is 9.85. The predicted octanol–water partition coefficient (Wildman–Crippen LogP) is 1.48. The molecule has 1 heterocycles. The molecule has 0 amide bonds. The van der Waals surface area contributed by atoms with Crippen LogP contribution in [0.25, 0.3) is 0 Å². The molecule has 6 nitrogen and oxygen atoms in total. The van der Waals surface area contributed by atoms with Crippen LogP contribution in [0.15, 0.2) is 21.6 Å². The lowest BCUT2D eigenvalue weighted by atomic mass is 10.0. The van der Waals surface area contributed by atoms with Gasteiger partial charge in [-0.15, -0.1) is 0 Å². The number of methoxy groups -OCH3 is 1. The average Bonchev–Trinajstić information content (AvgIpc) is 3.14. The monoisotopic (exact) mass is 316 g/mol. The average molecular weight is 316 g/mol. The van der Waals surface area contributed by atoms with Crippen molar-refractivity contribution in [3.05, 3.63) is 17.9 Å². The van der Waals surface area contributed by atoms with Crippen LogP contribution >= 0.6 is 0 Å². The number of sulfonamides is 1. The third-order valence-electron chi connectivity index (χ3n) is 3.68. The standard InChI is InChI=1S/C14H24N2O4S/c1-14(2,11-4-5-11)16-21(17,18)13-7-6-12(20-13)10-15-8-9-19-3/h6-7,11,15-16H,4-5,8-10H2,1-3H3. The van der Waals surface area contributed by atoms with Crippen molar-refractivity contribution in [2.75, 3.05) is 20.3 Å². The summed E-state index contributed by atoms with van der Waals surface area (Å²) in [6.45, 7) is 5.59.